The minimum Gasteiger partial charge on any atom is -0.493 e. The molecular formula is C26H46N4O4S2. The smallest absolute Gasteiger partial charge is 0.331 e. The van der Waals surface area contributed by atoms with Crippen molar-refractivity contribution < 1.29 is 14.6 Å². The van der Waals surface area contributed by atoms with Gasteiger partial charge in [-0.3, -0.25) is 9.13 Å². The number of hydrogen-bond donors (Lipinski definition) is 2. The first-order valence-corrected chi connectivity index (χ1v) is 13.9. The standard InChI is InChI=1S/C26H46N4O4S2/c1-7-27-19-21(31)29(23(27)32)13-9-25(3,4)11-15-33-17-18-34-16-12-26(5,6)10-14-30-22(35)20-28(8-2)24(30)36/h19-20,31,35H,7-18H2,1-6H3. The highest BCUT2D eigenvalue weighted by Gasteiger charge is 2.20. The van der Waals surface area contributed by atoms with Crippen LogP contribution in [0.4, 0.5) is 0 Å². The zero-order chi connectivity index (χ0) is 26.9. The number of ether oxygens (including phenoxy) is 2. The molecule has 2 aromatic rings. The van der Waals surface area contributed by atoms with Gasteiger partial charge in [0.05, 0.1) is 24.4 Å². The van der Waals surface area contributed by atoms with Gasteiger partial charge in [0.25, 0.3) is 0 Å². The van der Waals surface area contributed by atoms with Crippen LogP contribution in [0.15, 0.2) is 22.2 Å². The van der Waals surface area contributed by atoms with E-state index in [-0.39, 0.29) is 22.4 Å². The molecule has 8 nitrogen and oxygen atoms in total. The van der Waals surface area contributed by atoms with Crippen molar-refractivity contribution in [1.82, 2.24) is 18.3 Å². The predicted octanol–water partition coefficient (Wildman–Crippen LogP) is 5.36. The molecule has 2 heterocycles. The summed E-state index contributed by atoms with van der Waals surface area (Å²) in [6, 6.07) is 0. The molecule has 0 atom stereocenters. The molecule has 0 saturated heterocycles. The Bertz CT molecular complexity index is 981. The van der Waals surface area contributed by atoms with Crippen molar-refractivity contribution in [2.24, 2.45) is 10.8 Å². The van der Waals surface area contributed by atoms with Crippen LogP contribution in [0.1, 0.15) is 67.2 Å². The Balaban J connectivity index is 1.59. The fraction of sp³-hybridized carbons (Fsp3) is 0.769. The molecule has 0 aliphatic rings. The molecular weight excluding hydrogens is 496 g/mol. The fourth-order valence-corrected chi connectivity index (χ4v) is 4.78. The third kappa shape index (κ3) is 9.11. The number of aryl methyl sites for hydroxylation is 2. The molecule has 36 heavy (non-hydrogen) atoms. The quantitative estimate of drug-likeness (QED) is 0.160. The topological polar surface area (TPSA) is 75.5 Å². The van der Waals surface area contributed by atoms with E-state index in [0.717, 1.165) is 48.6 Å². The predicted molar refractivity (Wildman–Crippen MR) is 150 cm³/mol. The number of nitrogens with zero attached hydrogens (tertiary/aromatic N) is 4. The highest BCUT2D eigenvalue weighted by Crippen LogP contribution is 2.28. The lowest BCUT2D eigenvalue weighted by Gasteiger charge is -2.25. The molecule has 0 amide bonds. The second-order valence-electron chi connectivity index (χ2n) is 11.0. The van der Waals surface area contributed by atoms with Crippen LogP contribution in [0.3, 0.4) is 0 Å². The molecule has 0 fully saturated rings. The molecule has 1 N–H and O–H groups in total. The average molecular weight is 543 g/mol. The van der Waals surface area contributed by atoms with Gasteiger partial charge in [0, 0.05) is 45.6 Å². The third-order valence-corrected chi connectivity index (χ3v) is 7.78. The van der Waals surface area contributed by atoms with Crippen LogP contribution in [0.5, 0.6) is 5.88 Å². The summed E-state index contributed by atoms with van der Waals surface area (Å²) in [5.74, 6) is 0.0279. The van der Waals surface area contributed by atoms with Crippen molar-refractivity contribution in [3.63, 3.8) is 0 Å². The second-order valence-corrected chi connectivity index (χ2v) is 11.8. The molecule has 206 valence electrons. The molecule has 0 aliphatic carbocycles. The first-order chi connectivity index (χ1) is 16.9. The van der Waals surface area contributed by atoms with Gasteiger partial charge in [0.2, 0.25) is 5.88 Å². The molecule has 0 saturated carbocycles. The maximum atomic E-state index is 12.2. The number of rotatable bonds is 17. The summed E-state index contributed by atoms with van der Waals surface area (Å²) in [6.45, 7) is 18.1. The van der Waals surface area contributed by atoms with Crippen molar-refractivity contribution in [1.29, 1.82) is 0 Å². The molecule has 0 radical (unpaired) electrons. The lowest BCUT2D eigenvalue weighted by atomic mass is 9.86. The molecule has 0 aromatic carbocycles. The Morgan fingerprint density at radius 3 is 1.78 bits per heavy atom. The normalized spacial score (nSPS) is 12.5. The van der Waals surface area contributed by atoms with Crippen LogP contribution in [0.25, 0.3) is 0 Å². The van der Waals surface area contributed by atoms with E-state index in [9.17, 15) is 9.90 Å². The van der Waals surface area contributed by atoms with E-state index in [2.05, 4.69) is 51.8 Å². The van der Waals surface area contributed by atoms with Crippen molar-refractivity contribution in [2.75, 3.05) is 26.4 Å². The van der Waals surface area contributed by atoms with Gasteiger partial charge in [0.1, 0.15) is 0 Å². The number of aromatic nitrogens is 4. The SMILES string of the molecule is CCn1cc(O)n(CCC(C)(C)CCOCCOCCC(C)(C)CCn2c(S)cn(CC)c2=S)c1=O. The van der Waals surface area contributed by atoms with Crippen LogP contribution in [0, 0.1) is 15.6 Å². The van der Waals surface area contributed by atoms with E-state index in [1.165, 1.54) is 15.3 Å². The van der Waals surface area contributed by atoms with E-state index in [0.29, 0.717) is 39.5 Å². The highest BCUT2D eigenvalue weighted by atomic mass is 32.1. The van der Waals surface area contributed by atoms with Crippen LogP contribution in [-0.2, 0) is 35.7 Å². The Morgan fingerprint density at radius 1 is 0.833 bits per heavy atom. The van der Waals surface area contributed by atoms with E-state index in [1.807, 2.05) is 17.7 Å². The van der Waals surface area contributed by atoms with Gasteiger partial charge in [0.15, 0.2) is 4.77 Å². The number of aromatic hydroxyl groups is 1. The van der Waals surface area contributed by atoms with Gasteiger partial charge < -0.3 is 23.7 Å². The summed E-state index contributed by atoms with van der Waals surface area (Å²) in [4.78, 5) is 12.2. The summed E-state index contributed by atoms with van der Waals surface area (Å²) in [5, 5.41) is 10.9. The van der Waals surface area contributed by atoms with Gasteiger partial charge in [-0.25, -0.2) is 4.79 Å². The summed E-state index contributed by atoms with van der Waals surface area (Å²) in [6.07, 6.45) is 7.13. The van der Waals surface area contributed by atoms with Gasteiger partial charge in [-0.15, -0.1) is 12.6 Å². The van der Waals surface area contributed by atoms with Crippen molar-refractivity contribution in [2.45, 2.75) is 98.4 Å². The van der Waals surface area contributed by atoms with Crippen LogP contribution < -0.4 is 5.69 Å². The molecule has 0 unspecified atom stereocenters. The zero-order valence-electron chi connectivity index (χ0n) is 23.0. The van der Waals surface area contributed by atoms with E-state index < -0.39 is 0 Å². The van der Waals surface area contributed by atoms with Crippen molar-refractivity contribution in [3.05, 3.63) is 27.6 Å². The summed E-state index contributed by atoms with van der Waals surface area (Å²) in [5.41, 5.74) is -0.0184. The molecule has 2 rings (SSSR count). The van der Waals surface area contributed by atoms with Crippen molar-refractivity contribution in [3.8, 4) is 5.88 Å². The number of hydrogen-bond acceptors (Lipinski definition) is 6. The molecule has 0 spiro atoms. The van der Waals surface area contributed by atoms with Gasteiger partial charge in [-0.05, 0) is 62.6 Å². The summed E-state index contributed by atoms with van der Waals surface area (Å²) in [7, 11) is 0. The van der Waals surface area contributed by atoms with Gasteiger partial charge >= 0.3 is 5.69 Å². The Hall–Kier alpha value is -1.49. The zero-order valence-corrected chi connectivity index (χ0v) is 24.7. The molecule has 10 heteroatoms. The van der Waals surface area contributed by atoms with Gasteiger partial charge in [-0.1, -0.05) is 27.7 Å². The average Bonchev–Trinajstić information content (AvgIpc) is 3.25. The summed E-state index contributed by atoms with van der Waals surface area (Å²) >= 11 is 10.1. The van der Waals surface area contributed by atoms with E-state index >= 15 is 0 Å². The first kappa shape index (κ1) is 30.7. The Labute approximate surface area is 226 Å². The number of thiol groups is 1. The number of imidazole rings is 2. The minimum absolute atomic E-state index is 0.00103. The minimum atomic E-state index is -0.159. The maximum Gasteiger partial charge on any atom is 0.331 e. The lowest BCUT2D eigenvalue weighted by molar-refractivity contribution is 0.0268. The van der Waals surface area contributed by atoms with E-state index in [4.69, 9.17) is 21.7 Å². The third-order valence-electron chi connectivity index (χ3n) is 6.97. The monoisotopic (exact) mass is 542 g/mol. The highest BCUT2D eigenvalue weighted by molar-refractivity contribution is 7.80. The van der Waals surface area contributed by atoms with Gasteiger partial charge in [-0.2, -0.15) is 0 Å². The molecule has 0 bridgehead atoms. The Morgan fingerprint density at radius 2 is 1.33 bits per heavy atom. The van der Waals surface area contributed by atoms with Crippen molar-refractivity contribution >= 4 is 24.8 Å². The van der Waals surface area contributed by atoms with Crippen LogP contribution in [-0.4, -0.2) is 49.8 Å². The molecule has 2 aromatic heterocycles. The maximum absolute atomic E-state index is 12.2. The lowest BCUT2D eigenvalue weighted by Crippen LogP contribution is -2.26. The largest absolute Gasteiger partial charge is 0.493 e. The van der Waals surface area contributed by atoms with Crippen LogP contribution >= 0.6 is 24.8 Å². The van der Waals surface area contributed by atoms with E-state index in [1.54, 1.807) is 0 Å². The second kappa shape index (κ2) is 13.9. The first-order valence-electron chi connectivity index (χ1n) is 13.0. The fourth-order valence-electron chi connectivity index (χ4n) is 4.01. The molecule has 0 aliphatic heterocycles. The van der Waals surface area contributed by atoms with Crippen LogP contribution in [0.2, 0.25) is 0 Å². The Kier molecular flexibility index (Phi) is 11.9. The summed E-state index contributed by atoms with van der Waals surface area (Å²) < 4.78 is 19.6.